The molecule has 3 rings (SSSR count). The minimum atomic E-state index is -0.741. The SMILES string of the molecule is Cc1cc(Br)c2c(c1)c(=O)oc(=O)n2CCOc1cc(Cl)cc(Cl)c1. The summed E-state index contributed by atoms with van der Waals surface area (Å²) >= 11 is 15.3. The number of halogens is 3. The van der Waals surface area contributed by atoms with Crippen molar-refractivity contribution in [1.29, 1.82) is 0 Å². The third-order valence-corrected chi connectivity index (χ3v) is 4.56. The van der Waals surface area contributed by atoms with Crippen LogP contribution >= 0.6 is 39.1 Å². The summed E-state index contributed by atoms with van der Waals surface area (Å²) < 4.78 is 12.4. The molecule has 25 heavy (non-hydrogen) atoms. The first kappa shape index (κ1) is 18.0. The molecule has 0 saturated carbocycles. The van der Waals surface area contributed by atoms with E-state index in [0.29, 0.717) is 31.2 Å². The maximum atomic E-state index is 12.1. The van der Waals surface area contributed by atoms with Crippen LogP contribution in [-0.4, -0.2) is 11.2 Å². The molecule has 0 aliphatic carbocycles. The molecule has 0 aliphatic heterocycles. The second-order valence-corrected chi connectivity index (χ2v) is 7.13. The van der Waals surface area contributed by atoms with Crippen LogP contribution in [0.15, 0.2) is 48.8 Å². The maximum Gasteiger partial charge on any atom is 0.422 e. The molecule has 0 fully saturated rings. The summed E-state index contributed by atoms with van der Waals surface area (Å²) in [5, 5.41) is 1.24. The van der Waals surface area contributed by atoms with Crippen LogP contribution in [-0.2, 0) is 6.54 Å². The van der Waals surface area contributed by atoms with Gasteiger partial charge in [0.05, 0.1) is 17.4 Å². The average Bonchev–Trinajstić information content (AvgIpc) is 2.49. The molecule has 130 valence electrons. The Labute approximate surface area is 160 Å². The Morgan fingerprint density at radius 2 is 1.80 bits per heavy atom. The van der Waals surface area contributed by atoms with Gasteiger partial charge in [-0.3, -0.25) is 4.57 Å². The summed E-state index contributed by atoms with van der Waals surface area (Å²) in [6.07, 6.45) is 0. The number of nitrogens with zero attached hydrogens (tertiary/aromatic N) is 1. The number of fused-ring (bicyclic) bond motifs is 1. The lowest BCUT2D eigenvalue weighted by Gasteiger charge is -2.12. The van der Waals surface area contributed by atoms with Gasteiger partial charge in [-0.2, -0.15) is 0 Å². The van der Waals surface area contributed by atoms with Crippen LogP contribution < -0.4 is 16.1 Å². The van der Waals surface area contributed by atoms with Crippen molar-refractivity contribution in [3.63, 3.8) is 0 Å². The van der Waals surface area contributed by atoms with Crippen molar-refractivity contribution in [3.8, 4) is 5.75 Å². The van der Waals surface area contributed by atoms with E-state index in [1.54, 1.807) is 24.3 Å². The lowest BCUT2D eigenvalue weighted by atomic mass is 10.2. The number of hydrogen-bond acceptors (Lipinski definition) is 4. The zero-order chi connectivity index (χ0) is 18.1. The van der Waals surface area contributed by atoms with Crippen molar-refractivity contribution in [2.24, 2.45) is 0 Å². The molecule has 0 radical (unpaired) electrons. The quantitative estimate of drug-likeness (QED) is 0.597. The fourth-order valence-corrected chi connectivity index (χ4v) is 3.81. The zero-order valence-corrected chi connectivity index (χ0v) is 16.1. The largest absolute Gasteiger partial charge is 0.492 e. The standard InChI is InChI=1S/C17H12BrCl2NO4/c1-9-4-13-15(14(18)5-9)21(17(23)25-16(13)22)2-3-24-12-7-10(19)6-11(20)8-12/h4-8H,2-3H2,1H3. The van der Waals surface area contributed by atoms with Crippen LogP contribution in [0.2, 0.25) is 10.0 Å². The van der Waals surface area contributed by atoms with E-state index in [9.17, 15) is 9.59 Å². The van der Waals surface area contributed by atoms with E-state index in [4.69, 9.17) is 32.4 Å². The fraction of sp³-hybridized carbons (Fsp3) is 0.176. The highest BCUT2D eigenvalue weighted by Crippen LogP contribution is 2.25. The Balaban J connectivity index is 1.94. The first-order chi connectivity index (χ1) is 11.8. The van der Waals surface area contributed by atoms with Gasteiger partial charge >= 0.3 is 11.4 Å². The van der Waals surface area contributed by atoms with Gasteiger partial charge in [-0.25, -0.2) is 9.59 Å². The van der Waals surface area contributed by atoms with Gasteiger partial charge in [-0.15, -0.1) is 0 Å². The van der Waals surface area contributed by atoms with E-state index in [1.807, 2.05) is 13.0 Å². The molecule has 8 heteroatoms. The van der Waals surface area contributed by atoms with E-state index < -0.39 is 11.4 Å². The molecule has 0 saturated heterocycles. The normalized spacial score (nSPS) is 11.0. The van der Waals surface area contributed by atoms with E-state index in [1.165, 1.54) is 4.57 Å². The van der Waals surface area contributed by atoms with Crippen molar-refractivity contribution >= 4 is 50.0 Å². The van der Waals surface area contributed by atoms with Crippen LogP contribution in [0, 0.1) is 6.92 Å². The highest BCUT2D eigenvalue weighted by molar-refractivity contribution is 9.10. The summed E-state index contributed by atoms with van der Waals surface area (Å²) in [6.45, 7) is 2.20. The maximum absolute atomic E-state index is 12.1. The van der Waals surface area contributed by atoms with Crippen LogP contribution in [0.3, 0.4) is 0 Å². The van der Waals surface area contributed by atoms with E-state index in [0.717, 1.165) is 5.56 Å². The molecule has 0 amide bonds. The van der Waals surface area contributed by atoms with Gasteiger partial charge in [0.15, 0.2) is 0 Å². The van der Waals surface area contributed by atoms with Gasteiger partial charge < -0.3 is 9.15 Å². The summed E-state index contributed by atoms with van der Waals surface area (Å²) in [5.74, 6) is -0.253. The molecule has 1 heterocycles. The summed E-state index contributed by atoms with van der Waals surface area (Å²) in [5.41, 5.74) is 0.685. The topological polar surface area (TPSA) is 61.4 Å². The summed E-state index contributed by atoms with van der Waals surface area (Å²) in [6, 6.07) is 8.35. The van der Waals surface area contributed by atoms with Gasteiger partial charge in [-0.05, 0) is 58.7 Å². The molecule has 0 spiro atoms. The van der Waals surface area contributed by atoms with Crippen LogP contribution in [0.5, 0.6) is 5.75 Å². The average molecular weight is 445 g/mol. The lowest BCUT2D eigenvalue weighted by Crippen LogP contribution is -2.27. The van der Waals surface area contributed by atoms with Gasteiger partial charge in [0.1, 0.15) is 12.4 Å². The number of ether oxygens (including phenoxy) is 1. The van der Waals surface area contributed by atoms with Crippen molar-refractivity contribution in [2.45, 2.75) is 13.5 Å². The molecule has 2 aromatic carbocycles. The Hall–Kier alpha value is -1.76. The molecule has 0 aliphatic rings. The fourth-order valence-electron chi connectivity index (χ4n) is 2.51. The van der Waals surface area contributed by atoms with Crippen molar-refractivity contribution < 1.29 is 9.15 Å². The number of benzene rings is 2. The molecule has 3 aromatic rings. The van der Waals surface area contributed by atoms with Crippen LogP contribution in [0.1, 0.15) is 5.56 Å². The Bertz CT molecular complexity index is 1050. The summed E-state index contributed by atoms with van der Waals surface area (Å²) in [7, 11) is 0. The molecular weight excluding hydrogens is 433 g/mol. The monoisotopic (exact) mass is 443 g/mol. The van der Waals surface area contributed by atoms with E-state index in [2.05, 4.69) is 15.9 Å². The molecule has 0 N–H and O–H groups in total. The minimum Gasteiger partial charge on any atom is -0.492 e. The Morgan fingerprint density at radius 1 is 1.12 bits per heavy atom. The lowest BCUT2D eigenvalue weighted by molar-refractivity contribution is 0.287. The van der Waals surface area contributed by atoms with Crippen molar-refractivity contribution in [1.82, 2.24) is 4.57 Å². The highest BCUT2D eigenvalue weighted by atomic mass is 79.9. The zero-order valence-electron chi connectivity index (χ0n) is 13.0. The smallest absolute Gasteiger partial charge is 0.422 e. The molecule has 1 aromatic heterocycles. The first-order valence-corrected chi connectivity index (χ1v) is 8.83. The van der Waals surface area contributed by atoms with Crippen LogP contribution in [0.4, 0.5) is 0 Å². The van der Waals surface area contributed by atoms with Gasteiger partial charge in [0.25, 0.3) is 0 Å². The molecule has 5 nitrogen and oxygen atoms in total. The third-order valence-electron chi connectivity index (χ3n) is 3.52. The first-order valence-electron chi connectivity index (χ1n) is 7.28. The predicted octanol–water partition coefficient (Wildman–Crippen LogP) is 4.41. The number of hydrogen-bond donors (Lipinski definition) is 0. The van der Waals surface area contributed by atoms with Crippen molar-refractivity contribution in [2.75, 3.05) is 6.61 Å². The third kappa shape index (κ3) is 3.92. The van der Waals surface area contributed by atoms with Gasteiger partial charge in [-0.1, -0.05) is 23.2 Å². The Morgan fingerprint density at radius 3 is 2.48 bits per heavy atom. The number of aromatic nitrogens is 1. The number of rotatable bonds is 4. The van der Waals surface area contributed by atoms with E-state index >= 15 is 0 Å². The Kier molecular flexibility index (Phi) is 5.22. The summed E-state index contributed by atoms with van der Waals surface area (Å²) in [4.78, 5) is 24.1. The molecular formula is C17H12BrCl2NO4. The second-order valence-electron chi connectivity index (χ2n) is 5.40. The van der Waals surface area contributed by atoms with Gasteiger partial charge in [0.2, 0.25) is 0 Å². The predicted molar refractivity (Wildman–Crippen MR) is 101 cm³/mol. The molecule has 0 atom stereocenters. The molecule has 0 bridgehead atoms. The highest BCUT2D eigenvalue weighted by Gasteiger charge is 2.13. The minimum absolute atomic E-state index is 0.166. The second kappa shape index (κ2) is 7.23. The number of aryl methyl sites for hydroxylation is 1. The molecule has 0 unspecified atom stereocenters. The van der Waals surface area contributed by atoms with Gasteiger partial charge in [0, 0.05) is 14.5 Å². The van der Waals surface area contributed by atoms with Crippen LogP contribution in [0.25, 0.3) is 10.9 Å². The van der Waals surface area contributed by atoms with E-state index in [-0.39, 0.29) is 13.2 Å². The van der Waals surface area contributed by atoms with Crippen molar-refractivity contribution in [3.05, 3.63) is 71.4 Å².